The van der Waals surface area contributed by atoms with Crippen LogP contribution < -0.4 is 5.73 Å². The number of hydrogen-bond acceptors (Lipinski definition) is 5. The van der Waals surface area contributed by atoms with Crippen LogP contribution in [0.3, 0.4) is 0 Å². The minimum Gasteiger partial charge on any atom is -0.423 e. The third-order valence-electron chi connectivity index (χ3n) is 1.15. The van der Waals surface area contributed by atoms with Gasteiger partial charge < -0.3 is 15.2 Å². The first-order chi connectivity index (χ1) is 5.73. The Hall–Kier alpha value is -1.10. The SMILES string of the molecule is CC(=O)OC(OC(C)=O)C(C)(C)N. The second-order valence-electron chi connectivity index (χ2n) is 3.37. The first-order valence-corrected chi connectivity index (χ1v) is 3.87. The van der Waals surface area contributed by atoms with Crippen LogP contribution >= 0.6 is 0 Å². The van der Waals surface area contributed by atoms with Crippen LogP contribution in [0, 0.1) is 0 Å². The normalized spacial score (nSPS) is 11.2. The lowest BCUT2D eigenvalue weighted by atomic mass is 10.1. The van der Waals surface area contributed by atoms with E-state index < -0.39 is 23.8 Å². The van der Waals surface area contributed by atoms with Gasteiger partial charge in [0.25, 0.3) is 6.29 Å². The molecule has 2 N–H and O–H groups in total. The van der Waals surface area contributed by atoms with Crippen molar-refractivity contribution in [2.24, 2.45) is 5.73 Å². The molecule has 0 aromatic heterocycles. The van der Waals surface area contributed by atoms with Crippen molar-refractivity contribution in [2.75, 3.05) is 0 Å². The minimum absolute atomic E-state index is 0.537. The van der Waals surface area contributed by atoms with Crippen LogP contribution in [0.2, 0.25) is 0 Å². The molecule has 76 valence electrons. The van der Waals surface area contributed by atoms with E-state index in [4.69, 9.17) is 15.2 Å². The van der Waals surface area contributed by atoms with E-state index in [-0.39, 0.29) is 0 Å². The highest BCUT2D eigenvalue weighted by Crippen LogP contribution is 2.11. The van der Waals surface area contributed by atoms with Gasteiger partial charge in [-0.25, -0.2) is 0 Å². The molecular weight excluding hydrogens is 174 g/mol. The summed E-state index contributed by atoms with van der Waals surface area (Å²) in [6.45, 7) is 5.65. The number of esters is 2. The number of rotatable bonds is 3. The zero-order chi connectivity index (χ0) is 10.6. The van der Waals surface area contributed by atoms with Crippen LogP contribution in [0.15, 0.2) is 0 Å². The van der Waals surface area contributed by atoms with Gasteiger partial charge >= 0.3 is 11.9 Å². The maximum Gasteiger partial charge on any atom is 0.305 e. The molecule has 5 nitrogen and oxygen atoms in total. The molecule has 13 heavy (non-hydrogen) atoms. The van der Waals surface area contributed by atoms with E-state index in [2.05, 4.69) is 0 Å². The minimum atomic E-state index is -1.04. The van der Waals surface area contributed by atoms with Crippen LogP contribution in [0.4, 0.5) is 0 Å². The van der Waals surface area contributed by atoms with E-state index >= 15 is 0 Å². The highest BCUT2D eigenvalue weighted by Gasteiger charge is 2.30. The third-order valence-corrected chi connectivity index (χ3v) is 1.15. The monoisotopic (exact) mass is 189 g/mol. The Balaban J connectivity index is 4.37. The fourth-order valence-electron chi connectivity index (χ4n) is 0.629. The molecule has 0 unspecified atom stereocenters. The zero-order valence-corrected chi connectivity index (χ0v) is 8.29. The average molecular weight is 189 g/mol. The van der Waals surface area contributed by atoms with E-state index in [0.29, 0.717) is 0 Å². The average Bonchev–Trinajstić information content (AvgIpc) is 1.81. The van der Waals surface area contributed by atoms with E-state index in [1.807, 2.05) is 0 Å². The Bertz CT molecular complexity index is 191. The summed E-state index contributed by atoms with van der Waals surface area (Å²) in [5.41, 5.74) is 4.72. The second-order valence-corrected chi connectivity index (χ2v) is 3.37. The molecule has 0 aromatic rings. The fraction of sp³-hybridized carbons (Fsp3) is 0.750. The first-order valence-electron chi connectivity index (χ1n) is 3.87. The fourth-order valence-corrected chi connectivity index (χ4v) is 0.629. The highest BCUT2D eigenvalue weighted by molar-refractivity contribution is 5.68. The summed E-state index contributed by atoms with van der Waals surface area (Å²) in [5, 5.41) is 0. The molecule has 0 fully saturated rings. The molecule has 0 aromatic carbocycles. The van der Waals surface area contributed by atoms with Crippen LogP contribution in [0.25, 0.3) is 0 Å². The van der Waals surface area contributed by atoms with Crippen molar-refractivity contribution < 1.29 is 19.1 Å². The standard InChI is InChI=1S/C8H15NO4/c1-5(10)12-7(8(3,4)9)13-6(2)11/h7H,9H2,1-4H3. The van der Waals surface area contributed by atoms with Crippen molar-refractivity contribution in [1.29, 1.82) is 0 Å². The van der Waals surface area contributed by atoms with Crippen LogP contribution in [-0.2, 0) is 19.1 Å². The Kier molecular flexibility index (Phi) is 3.87. The Morgan fingerprint density at radius 3 is 1.62 bits per heavy atom. The number of carbonyl (C=O) groups excluding carboxylic acids is 2. The Morgan fingerprint density at radius 1 is 1.15 bits per heavy atom. The first kappa shape index (κ1) is 11.9. The number of carbonyl (C=O) groups is 2. The van der Waals surface area contributed by atoms with Gasteiger partial charge in [0.2, 0.25) is 0 Å². The predicted octanol–water partition coefficient (Wildman–Crippen LogP) is 0.176. The maximum absolute atomic E-state index is 10.6. The maximum atomic E-state index is 10.6. The molecule has 0 rings (SSSR count). The van der Waals surface area contributed by atoms with Crippen LogP contribution in [0.5, 0.6) is 0 Å². The van der Waals surface area contributed by atoms with Gasteiger partial charge in [0.15, 0.2) is 0 Å². The lowest BCUT2D eigenvalue weighted by molar-refractivity contribution is -0.195. The molecule has 0 aliphatic rings. The molecule has 0 aliphatic carbocycles. The van der Waals surface area contributed by atoms with Crippen molar-refractivity contribution in [3.05, 3.63) is 0 Å². The summed E-state index contributed by atoms with van der Waals surface area (Å²) >= 11 is 0. The lowest BCUT2D eigenvalue weighted by Gasteiger charge is -2.28. The van der Waals surface area contributed by atoms with Gasteiger partial charge in [-0.3, -0.25) is 9.59 Å². The molecule has 5 heteroatoms. The molecule has 0 atom stereocenters. The summed E-state index contributed by atoms with van der Waals surface area (Å²) in [4.78, 5) is 21.2. The highest BCUT2D eigenvalue weighted by atomic mass is 16.7. The van der Waals surface area contributed by atoms with Crippen LogP contribution in [-0.4, -0.2) is 23.8 Å². The molecule has 0 saturated heterocycles. The Morgan fingerprint density at radius 2 is 1.46 bits per heavy atom. The van der Waals surface area contributed by atoms with Crippen molar-refractivity contribution >= 4 is 11.9 Å². The molecule has 0 bridgehead atoms. The molecule has 0 spiro atoms. The van der Waals surface area contributed by atoms with Gasteiger partial charge in [0.05, 0.1) is 5.54 Å². The molecule has 0 aliphatic heterocycles. The van der Waals surface area contributed by atoms with E-state index in [1.165, 1.54) is 13.8 Å². The third kappa shape index (κ3) is 5.19. The molecular formula is C8H15NO4. The predicted molar refractivity (Wildman–Crippen MR) is 45.6 cm³/mol. The second kappa shape index (κ2) is 4.23. The van der Waals surface area contributed by atoms with E-state index in [0.717, 1.165) is 0 Å². The summed E-state index contributed by atoms with van der Waals surface area (Å²) in [5.74, 6) is -1.07. The summed E-state index contributed by atoms with van der Waals surface area (Å²) in [6.07, 6.45) is -1.04. The number of ether oxygens (including phenoxy) is 2. The van der Waals surface area contributed by atoms with Crippen molar-refractivity contribution in [3.63, 3.8) is 0 Å². The lowest BCUT2D eigenvalue weighted by Crippen LogP contribution is -2.49. The van der Waals surface area contributed by atoms with Gasteiger partial charge in [-0.05, 0) is 13.8 Å². The van der Waals surface area contributed by atoms with Crippen molar-refractivity contribution in [3.8, 4) is 0 Å². The molecule has 0 amide bonds. The van der Waals surface area contributed by atoms with Gasteiger partial charge in [-0.15, -0.1) is 0 Å². The zero-order valence-electron chi connectivity index (χ0n) is 8.29. The molecule has 0 radical (unpaired) electrons. The summed E-state index contributed by atoms with van der Waals surface area (Å²) in [7, 11) is 0. The van der Waals surface area contributed by atoms with E-state index in [1.54, 1.807) is 13.8 Å². The smallest absolute Gasteiger partial charge is 0.305 e. The molecule has 0 heterocycles. The van der Waals surface area contributed by atoms with Gasteiger partial charge in [0.1, 0.15) is 0 Å². The van der Waals surface area contributed by atoms with Crippen LogP contribution in [0.1, 0.15) is 27.7 Å². The summed E-state index contributed by atoms with van der Waals surface area (Å²) in [6, 6.07) is 0. The van der Waals surface area contributed by atoms with Gasteiger partial charge in [-0.1, -0.05) is 0 Å². The van der Waals surface area contributed by atoms with Gasteiger partial charge in [0, 0.05) is 13.8 Å². The number of nitrogens with two attached hydrogens (primary N) is 1. The van der Waals surface area contributed by atoms with E-state index in [9.17, 15) is 9.59 Å². The molecule has 0 saturated carbocycles. The van der Waals surface area contributed by atoms with Gasteiger partial charge in [-0.2, -0.15) is 0 Å². The number of hydrogen-bond donors (Lipinski definition) is 1. The largest absolute Gasteiger partial charge is 0.423 e. The summed E-state index contributed by atoms with van der Waals surface area (Å²) < 4.78 is 9.44. The quantitative estimate of drug-likeness (QED) is 0.506. The Labute approximate surface area is 77.2 Å². The van der Waals surface area contributed by atoms with Crippen molar-refractivity contribution in [2.45, 2.75) is 39.5 Å². The topological polar surface area (TPSA) is 78.6 Å². The van der Waals surface area contributed by atoms with Crippen molar-refractivity contribution in [1.82, 2.24) is 0 Å².